The van der Waals surface area contributed by atoms with E-state index in [9.17, 15) is 4.79 Å². The lowest BCUT2D eigenvalue weighted by atomic mass is 9.76. The second-order valence-electron chi connectivity index (χ2n) is 7.21. The van der Waals surface area contributed by atoms with Crippen molar-refractivity contribution in [3.8, 4) is 0 Å². The first-order valence-corrected chi connectivity index (χ1v) is 9.39. The van der Waals surface area contributed by atoms with Crippen LogP contribution in [0.15, 0.2) is 29.2 Å². The van der Waals surface area contributed by atoms with Gasteiger partial charge in [0.05, 0.1) is 5.54 Å². The van der Waals surface area contributed by atoms with E-state index in [1.54, 1.807) is 11.8 Å². The zero-order valence-electron chi connectivity index (χ0n) is 14.6. The molecule has 0 aromatic heterocycles. The lowest BCUT2D eigenvalue weighted by Crippen LogP contribution is -2.59. The summed E-state index contributed by atoms with van der Waals surface area (Å²) in [4.78, 5) is 13.3. The van der Waals surface area contributed by atoms with Gasteiger partial charge in [-0.25, -0.2) is 4.79 Å². The monoisotopic (exact) mass is 336 g/mol. The number of benzene rings is 1. The van der Waals surface area contributed by atoms with Gasteiger partial charge in [0.25, 0.3) is 0 Å². The van der Waals surface area contributed by atoms with Crippen LogP contribution in [0.1, 0.15) is 45.6 Å². The Morgan fingerprint density at radius 3 is 2.39 bits per heavy atom. The number of hydrogen-bond donors (Lipinski definition) is 2. The third kappa shape index (κ3) is 5.74. The molecule has 0 radical (unpaired) electrons. The molecule has 1 aromatic rings. The van der Waals surface area contributed by atoms with Crippen molar-refractivity contribution in [1.29, 1.82) is 0 Å². The van der Waals surface area contributed by atoms with Crippen molar-refractivity contribution in [2.75, 3.05) is 12.8 Å². The van der Waals surface area contributed by atoms with Gasteiger partial charge in [0, 0.05) is 18.0 Å². The van der Waals surface area contributed by atoms with Crippen LogP contribution in [0, 0.1) is 0 Å². The van der Waals surface area contributed by atoms with Crippen LogP contribution in [0.25, 0.3) is 0 Å². The van der Waals surface area contributed by atoms with Gasteiger partial charge in [0.1, 0.15) is 5.60 Å². The maximum Gasteiger partial charge on any atom is 0.408 e. The fourth-order valence-corrected chi connectivity index (χ4v) is 3.07. The Morgan fingerprint density at radius 1 is 1.26 bits per heavy atom. The zero-order chi connectivity index (χ0) is 16.9. The highest BCUT2D eigenvalue weighted by molar-refractivity contribution is 7.98. The average Bonchev–Trinajstić information content (AvgIpc) is 2.43. The third-order valence-electron chi connectivity index (χ3n) is 4.03. The van der Waals surface area contributed by atoms with E-state index in [4.69, 9.17) is 4.74 Å². The predicted octanol–water partition coefficient (Wildman–Crippen LogP) is 3.95. The van der Waals surface area contributed by atoms with E-state index >= 15 is 0 Å². The summed E-state index contributed by atoms with van der Waals surface area (Å²) < 4.78 is 5.38. The first-order chi connectivity index (χ1) is 10.8. The van der Waals surface area contributed by atoms with Gasteiger partial charge in [-0.05, 0) is 64.0 Å². The molecule has 4 nitrogen and oxygen atoms in total. The van der Waals surface area contributed by atoms with Gasteiger partial charge in [-0.3, -0.25) is 0 Å². The Hall–Kier alpha value is -1.20. The summed E-state index contributed by atoms with van der Waals surface area (Å²) in [6.45, 7) is 7.24. The summed E-state index contributed by atoms with van der Waals surface area (Å²) in [6, 6.07) is 8.57. The van der Waals surface area contributed by atoms with Gasteiger partial charge in [0.15, 0.2) is 0 Å². The van der Waals surface area contributed by atoms with Crippen molar-refractivity contribution in [2.45, 2.75) is 62.6 Å². The molecule has 0 atom stereocenters. The van der Waals surface area contributed by atoms with Crippen LogP contribution < -0.4 is 10.6 Å². The van der Waals surface area contributed by atoms with E-state index in [0.717, 1.165) is 32.4 Å². The van der Waals surface area contributed by atoms with Crippen LogP contribution in [0.3, 0.4) is 0 Å². The topological polar surface area (TPSA) is 50.4 Å². The van der Waals surface area contributed by atoms with Crippen molar-refractivity contribution in [1.82, 2.24) is 10.6 Å². The SMILES string of the molecule is CSc1ccc(CNCC2(NC(=O)OC(C)(C)C)CCC2)cc1. The average molecular weight is 337 g/mol. The van der Waals surface area contributed by atoms with E-state index in [1.165, 1.54) is 10.5 Å². The fraction of sp³-hybridized carbons (Fsp3) is 0.611. The molecule has 2 N–H and O–H groups in total. The number of rotatable bonds is 6. The number of amides is 1. The standard InChI is InChI=1S/C18H28N2O2S/c1-17(2,3)22-16(21)20-18(10-5-11-18)13-19-12-14-6-8-15(23-4)9-7-14/h6-9,19H,5,10-13H2,1-4H3,(H,20,21). The smallest absolute Gasteiger partial charge is 0.408 e. The molecule has 0 saturated heterocycles. The van der Waals surface area contributed by atoms with Crippen LogP contribution in [0.4, 0.5) is 4.79 Å². The molecule has 0 heterocycles. The largest absolute Gasteiger partial charge is 0.444 e. The summed E-state index contributed by atoms with van der Waals surface area (Å²) in [6.07, 6.45) is 4.92. The van der Waals surface area contributed by atoms with Gasteiger partial charge in [-0.2, -0.15) is 0 Å². The number of ether oxygens (including phenoxy) is 1. The summed E-state index contributed by atoms with van der Waals surface area (Å²) in [5.41, 5.74) is 0.651. The Kier molecular flexibility index (Phi) is 5.98. The van der Waals surface area contributed by atoms with E-state index in [0.29, 0.717) is 0 Å². The molecule has 2 rings (SSSR count). The van der Waals surface area contributed by atoms with Crippen LogP contribution in [-0.4, -0.2) is 30.0 Å². The van der Waals surface area contributed by atoms with Gasteiger partial charge < -0.3 is 15.4 Å². The lowest BCUT2D eigenvalue weighted by Gasteiger charge is -2.42. The molecule has 0 aliphatic heterocycles. The number of hydrogen-bond acceptors (Lipinski definition) is 4. The predicted molar refractivity (Wildman–Crippen MR) is 95.9 cm³/mol. The third-order valence-corrected chi connectivity index (χ3v) is 4.77. The second-order valence-corrected chi connectivity index (χ2v) is 8.09. The molecular weight excluding hydrogens is 308 g/mol. The Morgan fingerprint density at radius 2 is 1.91 bits per heavy atom. The molecule has 1 saturated carbocycles. The van der Waals surface area contributed by atoms with Crippen LogP contribution in [-0.2, 0) is 11.3 Å². The van der Waals surface area contributed by atoms with Gasteiger partial charge in [0.2, 0.25) is 0 Å². The minimum atomic E-state index is -0.457. The van der Waals surface area contributed by atoms with Crippen molar-refractivity contribution >= 4 is 17.9 Å². The molecule has 1 aliphatic carbocycles. The molecule has 128 valence electrons. The summed E-state index contributed by atoms with van der Waals surface area (Å²) in [7, 11) is 0. The van der Waals surface area contributed by atoms with Crippen molar-refractivity contribution in [3.05, 3.63) is 29.8 Å². The minimum Gasteiger partial charge on any atom is -0.444 e. The van der Waals surface area contributed by atoms with E-state index < -0.39 is 5.60 Å². The molecule has 0 bridgehead atoms. The molecule has 0 spiro atoms. The molecule has 1 aromatic carbocycles. The number of carbonyl (C=O) groups is 1. The maximum absolute atomic E-state index is 12.0. The molecule has 5 heteroatoms. The van der Waals surface area contributed by atoms with Gasteiger partial charge >= 0.3 is 6.09 Å². The lowest BCUT2D eigenvalue weighted by molar-refractivity contribution is 0.0382. The molecule has 1 fully saturated rings. The van der Waals surface area contributed by atoms with Crippen LogP contribution in [0.2, 0.25) is 0 Å². The van der Waals surface area contributed by atoms with Crippen LogP contribution >= 0.6 is 11.8 Å². The highest BCUT2D eigenvalue weighted by atomic mass is 32.2. The molecule has 1 amide bonds. The molecule has 1 aliphatic rings. The number of thioether (sulfide) groups is 1. The van der Waals surface area contributed by atoms with E-state index in [1.807, 2.05) is 20.8 Å². The van der Waals surface area contributed by atoms with Gasteiger partial charge in [-0.1, -0.05) is 12.1 Å². The number of nitrogens with one attached hydrogen (secondary N) is 2. The van der Waals surface area contributed by atoms with E-state index in [-0.39, 0.29) is 11.6 Å². The normalized spacial score (nSPS) is 16.5. The Labute approximate surface area is 143 Å². The highest BCUT2D eigenvalue weighted by Crippen LogP contribution is 2.31. The maximum atomic E-state index is 12.0. The number of alkyl carbamates (subject to hydrolysis) is 1. The Balaban J connectivity index is 1.80. The molecule has 0 unspecified atom stereocenters. The van der Waals surface area contributed by atoms with Crippen molar-refractivity contribution < 1.29 is 9.53 Å². The van der Waals surface area contributed by atoms with Gasteiger partial charge in [-0.15, -0.1) is 11.8 Å². The quantitative estimate of drug-likeness (QED) is 0.773. The Bertz CT molecular complexity index is 519. The first kappa shape index (κ1) is 18.1. The summed E-state index contributed by atoms with van der Waals surface area (Å²) in [5.74, 6) is 0. The van der Waals surface area contributed by atoms with Crippen LogP contribution in [0.5, 0.6) is 0 Å². The molecule has 23 heavy (non-hydrogen) atoms. The number of carbonyl (C=O) groups excluding carboxylic acids is 1. The highest BCUT2D eigenvalue weighted by Gasteiger charge is 2.39. The second kappa shape index (κ2) is 7.58. The minimum absolute atomic E-state index is 0.151. The summed E-state index contributed by atoms with van der Waals surface area (Å²) >= 11 is 1.75. The van der Waals surface area contributed by atoms with Crippen molar-refractivity contribution in [3.63, 3.8) is 0 Å². The summed E-state index contributed by atoms with van der Waals surface area (Å²) in [5, 5.41) is 6.54. The molecular formula is C18H28N2O2S. The zero-order valence-corrected chi connectivity index (χ0v) is 15.4. The van der Waals surface area contributed by atoms with E-state index in [2.05, 4.69) is 41.2 Å². The van der Waals surface area contributed by atoms with Crippen molar-refractivity contribution in [2.24, 2.45) is 0 Å². The fourth-order valence-electron chi connectivity index (χ4n) is 2.66. The first-order valence-electron chi connectivity index (χ1n) is 8.17.